The second-order valence-electron chi connectivity index (χ2n) is 2.34. The molecular formula is C7H8FO5P. The van der Waals surface area contributed by atoms with Gasteiger partial charge in [-0.1, -0.05) is 0 Å². The lowest BCUT2D eigenvalue weighted by molar-refractivity contribution is 0.0828. The Hall–Kier alpha value is -0.940. The van der Waals surface area contributed by atoms with Gasteiger partial charge in [0.05, 0.1) is 0 Å². The fourth-order valence-electron chi connectivity index (χ4n) is 0.694. The van der Waals surface area contributed by atoms with Crippen LogP contribution in [0.25, 0.3) is 0 Å². The number of rotatable bonds is 4. The SMILES string of the molecule is O=P(O)(O)OCOc1ccc(F)cc1. The van der Waals surface area contributed by atoms with Crippen molar-refractivity contribution in [2.24, 2.45) is 0 Å². The van der Waals surface area contributed by atoms with Crippen LogP contribution in [0.5, 0.6) is 5.75 Å². The molecular weight excluding hydrogens is 214 g/mol. The summed E-state index contributed by atoms with van der Waals surface area (Å²) >= 11 is 0. The van der Waals surface area contributed by atoms with Gasteiger partial charge in [-0.2, -0.15) is 0 Å². The average Bonchev–Trinajstić information content (AvgIpc) is 2.06. The van der Waals surface area contributed by atoms with Gasteiger partial charge < -0.3 is 14.5 Å². The lowest BCUT2D eigenvalue weighted by Crippen LogP contribution is -2.00. The molecule has 0 spiro atoms. The molecule has 0 saturated heterocycles. The summed E-state index contributed by atoms with van der Waals surface area (Å²) in [7, 11) is -4.51. The van der Waals surface area contributed by atoms with E-state index in [1.807, 2.05) is 0 Å². The standard InChI is InChI=1S/C7H8FO5P/c8-6-1-3-7(4-2-6)12-5-13-14(9,10)11/h1-4H,5H2,(H2,9,10,11). The second kappa shape index (κ2) is 4.52. The highest BCUT2D eigenvalue weighted by Crippen LogP contribution is 2.35. The van der Waals surface area contributed by atoms with Gasteiger partial charge >= 0.3 is 7.82 Å². The lowest BCUT2D eigenvalue weighted by atomic mass is 10.3. The monoisotopic (exact) mass is 222 g/mol. The van der Waals surface area contributed by atoms with Crippen molar-refractivity contribution in [3.63, 3.8) is 0 Å². The van der Waals surface area contributed by atoms with Gasteiger partial charge in [-0.15, -0.1) is 0 Å². The number of benzene rings is 1. The van der Waals surface area contributed by atoms with E-state index in [9.17, 15) is 8.96 Å². The summed E-state index contributed by atoms with van der Waals surface area (Å²) < 4.78 is 31.4. The summed E-state index contributed by atoms with van der Waals surface area (Å²) in [5, 5.41) is 0. The van der Waals surface area contributed by atoms with Crippen LogP contribution in [0.3, 0.4) is 0 Å². The number of hydrogen-bond donors (Lipinski definition) is 2. The third kappa shape index (κ3) is 4.34. The van der Waals surface area contributed by atoms with Gasteiger partial charge in [0.2, 0.25) is 0 Å². The zero-order chi connectivity index (χ0) is 10.6. The van der Waals surface area contributed by atoms with Crippen molar-refractivity contribution in [3.05, 3.63) is 30.1 Å². The highest BCUT2D eigenvalue weighted by molar-refractivity contribution is 7.46. The van der Waals surface area contributed by atoms with Crippen molar-refractivity contribution < 1.29 is 28.0 Å². The summed E-state index contributed by atoms with van der Waals surface area (Å²) in [5.41, 5.74) is 0. The molecule has 0 aliphatic rings. The number of phosphoric acid groups is 1. The van der Waals surface area contributed by atoms with E-state index in [-0.39, 0.29) is 5.75 Å². The van der Waals surface area contributed by atoms with Crippen LogP contribution >= 0.6 is 7.82 Å². The molecule has 0 radical (unpaired) electrons. The minimum Gasteiger partial charge on any atom is -0.467 e. The number of halogens is 1. The summed E-state index contributed by atoms with van der Waals surface area (Å²) in [5.74, 6) is -0.159. The van der Waals surface area contributed by atoms with Crippen LogP contribution in [-0.4, -0.2) is 16.6 Å². The highest BCUT2D eigenvalue weighted by Gasteiger charge is 2.13. The van der Waals surface area contributed by atoms with Crippen LogP contribution in [0.2, 0.25) is 0 Å². The van der Waals surface area contributed by atoms with Crippen LogP contribution in [0.4, 0.5) is 4.39 Å². The van der Waals surface area contributed by atoms with Crippen molar-refractivity contribution in [3.8, 4) is 5.75 Å². The molecule has 1 aromatic carbocycles. The molecule has 0 saturated carbocycles. The maximum Gasteiger partial charge on any atom is 0.472 e. The van der Waals surface area contributed by atoms with Crippen molar-refractivity contribution in [1.29, 1.82) is 0 Å². The van der Waals surface area contributed by atoms with E-state index in [0.29, 0.717) is 0 Å². The Balaban J connectivity index is 2.39. The molecule has 0 atom stereocenters. The molecule has 0 aliphatic carbocycles. The molecule has 0 bridgehead atoms. The molecule has 2 N–H and O–H groups in total. The van der Waals surface area contributed by atoms with Crippen LogP contribution in [0.1, 0.15) is 0 Å². The summed E-state index contributed by atoms with van der Waals surface area (Å²) in [6, 6.07) is 4.95. The summed E-state index contributed by atoms with van der Waals surface area (Å²) in [6.45, 7) is -0.587. The van der Waals surface area contributed by atoms with E-state index in [1.165, 1.54) is 12.1 Å². The molecule has 0 aromatic heterocycles. The predicted octanol–water partition coefficient (Wildman–Crippen LogP) is 1.27. The Morgan fingerprint density at radius 1 is 1.29 bits per heavy atom. The molecule has 0 unspecified atom stereocenters. The largest absolute Gasteiger partial charge is 0.472 e. The Morgan fingerprint density at radius 3 is 2.36 bits per heavy atom. The average molecular weight is 222 g/mol. The van der Waals surface area contributed by atoms with Gasteiger partial charge in [0, 0.05) is 0 Å². The maximum absolute atomic E-state index is 12.4. The fraction of sp³-hybridized carbons (Fsp3) is 0.143. The molecule has 7 heteroatoms. The van der Waals surface area contributed by atoms with Crippen molar-refractivity contribution in [2.75, 3.05) is 6.79 Å². The minimum absolute atomic E-state index is 0.264. The van der Waals surface area contributed by atoms with Crippen molar-refractivity contribution >= 4 is 7.82 Å². The van der Waals surface area contributed by atoms with Crippen LogP contribution in [0, 0.1) is 5.82 Å². The Bertz CT molecular complexity index is 332. The number of ether oxygens (including phenoxy) is 1. The molecule has 0 aliphatic heterocycles. The van der Waals surface area contributed by atoms with Crippen molar-refractivity contribution in [2.45, 2.75) is 0 Å². The molecule has 0 fully saturated rings. The Labute approximate surface area is 79.3 Å². The zero-order valence-corrected chi connectivity index (χ0v) is 7.86. The first-order valence-electron chi connectivity index (χ1n) is 3.56. The number of phosphoric ester groups is 1. The van der Waals surface area contributed by atoms with Gasteiger partial charge in [-0.05, 0) is 24.3 Å². The molecule has 5 nitrogen and oxygen atoms in total. The quantitative estimate of drug-likeness (QED) is 0.592. The van der Waals surface area contributed by atoms with Gasteiger partial charge in [0.25, 0.3) is 0 Å². The van der Waals surface area contributed by atoms with E-state index in [1.54, 1.807) is 0 Å². The first-order chi connectivity index (χ1) is 6.47. The smallest absolute Gasteiger partial charge is 0.467 e. The van der Waals surface area contributed by atoms with E-state index in [0.717, 1.165) is 12.1 Å². The van der Waals surface area contributed by atoms with Gasteiger partial charge in [0.15, 0.2) is 6.79 Å². The van der Waals surface area contributed by atoms with Crippen LogP contribution < -0.4 is 4.74 Å². The topological polar surface area (TPSA) is 76.0 Å². The molecule has 1 rings (SSSR count). The first-order valence-corrected chi connectivity index (χ1v) is 5.09. The minimum atomic E-state index is -4.51. The maximum atomic E-state index is 12.4. The number of hydrogen-bond acceptors (Lipinski definition) is 3. The predicted molar refractivity (Wildman–Crippen MR) is 45.0 cm³/mol. The summed E-state index contributed by atoms with van der Waals surface area (Å²) in [4.78, 5) is 16.6. The second-order valence-corrected chi connectivity index (χ2v) is 3.58. The fourth-order valence-corrected chi connectivity index (χ4v) is 0.884. The lowest BCUT2D eigenvalue weighted by Gasteiger charge is -2.07. The third-order valence-electron chi connectivity index (χ3n) is 1.26. The Kier molecular flexibility index (Phi) is 3.60. The van der Waals surface area contributed by atoms with E-state index < -0.39 is 20.4 Å². The van der Waals surface area contributed by atoms with Gasteiger partial charge in [-0.3, -0.25) is 0 Å². The van der Waals surface area contributed by atoms with Crippen molar-refractivity contribution in [1.82, 2.24) is 0 Å². The normalized spacial score (nSPS) is 11.4. The molecule has 14 heavy (non-hydrogen) atoms. The molecule has 0 heterocycles. The molecule has 1 aromatic rings. The van der Waals surface area contributed by atoms with E-state index >= 15 is 0 Å². The molecule has 0 amide bonds. The Morgan fingerprint density at radius 2 is 1.86 bits per heavy atom. The van der Waals surface area contributed by atoms with Crippen LogP contribution in [-0.2, 0) is 9.09 Å². The highest BCUT2D eigenvalue weighted by atomic mass is 31.2. The van der Waals surface area contributed by atoms with Gasteiger partial charge in [0.1, 0.15) is 11.6 Å². The summed E-state index contributed by atoms with van der Waals surface area (Å²) in [6.07, 6.45) is 0. The van der Waals surface area contributed by atoms with Gasteiger partial charge in [-0.25, -0.2) is 13.5 Å². The first kappa shape index (κ1) is 11.1. The van der Waals surface area contributed by atoms with E-state index in [2.05, 4.69) is 4.52 Å². The molecule has 78 valence electrons. The van der Waals surface area contributed by atoms with E-state index in [4.69, 9.17) is 14.5 Å². The zero-order valence-electron chi connectivity index (χ0n) is 6.96. The third-order valence-corrected chi connectivity index (χ3v) is 1.70. The van der Waals surface area contributed by atoms with Crippen LogP contribution in [0.15, 0.2) is 24.3 Å².